The Kier molecular flexibility index (Phi) is 4.66. The van der Waals surface area contributed by atoms with Crippen LogP contribution in [0.1, 0.15) is 17.5 Å². The van der Waals surface area contributed by atoms with Crippen LogP contribution in [0.5, 0.6) is 0 Å². The second kappa shape index (κ2) is 6.66. The highest BCUT2D eigenvalue weighted by Crippen LogP contribution is 2.20. The Hall–Kier alpha value is -2.42. The molecule has 2 nitrogen and oxygen atoms in total. The predicted octanol–water partition coefficient (Wildman–Crippen LogP) is 3.93. The maximum absolute atomic E-state index is 12.8. The number of carboxylic acid groups (broad SMARTS) is 1. The third kappa shape index (κ3) is 4.05. The fraction of sp³-hybridized carbons (Fsp3) is 0.118. The molecule has 0 fully saturated rings. The number of aliphatic carboxylic acids is 1. The summed E-state index contributed by atoms with van der Waals surface area (Å²) < 4.78 is 12.8. The van der Waals surface area contributed by atoms with Gasteiger partial charge >= 0.3 is 5.97 Å². The number of benzene rings is 2. The molecule has 0 spiro atoms. The number of allylic oxidation sites excluding steroid dienone is 1. The molecular weight excluding hydrogens is 255 g/mol. The summed E-state index contributed by atoms with van der Waals surface area (Å²) in [5, 5.41) is 8.95. The number of halogens is 1. The van der Waals surface area contributed by atoms with Crippen molar-refractivity contribution >= 4 is 11.5 Å². The lowest BCUT2D eigenvalue weighted by atomic mass is 9.98. The van der Waals surface area contributed by atoms with Crippen LogP contribution >= 0.6 is 0 Å². The maximum Gasteiger partial charge on any atom is 0.328 e. The molecule has 2 rings (SSSR count). The van der Waals surface area contributed by atoms with E-state index in [9.17, 15) is 9.18 Å². The molecule has 0 saturated carbocycles. The molecule has 102 valence electrons. The summed E-state index contributed by atoms with van der Waals surface area (Å²) in [6.07, 6.45) is 2.51. The Morgan fingerprint density at radius 2 is 1.70 bits per heavy atom. The summed E-state index contributed by atoms with van der Waals surface area (Å²) in [6, 6.07) is 15.7. The summed E-state index contributed by atoms with van der Waals surface area (Å²) in [4.78, 5) is 10.9. The van der Waals surface area contributed by atoms with Gasteiger partial charge in [-0.25, -0.2) is 9.18 Å². The summed E-state index contributed by atoms with van der Waals surface area (Å²) in [5.74, 6) is -1.22. The van der Waals surface area contributed by atoms with E-state index >= 15 is 0 Å². The van der Waals surface area contributed by atoms with E-state index < -0.39 is 5.97 Å². The molecule has 0 atom stereocenters. The molecule has 0 aliphatic carbocycles. The van der Waals surface area contributed by atoms with Crippen LogP contribution in [0.15, 0.2) is 60.7 Å². The molecule has 2 aromatic rings. The highest BCUT2D eigenvalue weighted by molar-refractivity contribution is 5.90. The van der Waals surface area contributed by atoms with E-state index in [2.05, 4.69) is 0 Å². The zero-order valence-corrected chi connectivity index (χ0v) is 10.9. The van der Waals surface area contributed by atoms with Crippen molar-refractivity contribution in [3.8, 4) is 0 Å². The van der Waals surface area contributed by atoms with Crippen LogP contribution in [0.3, 0.4) is 0 Å². The second-order valence-corrected chi connectivity index (χ2v) is 4.50. The van der Waals surface area contributed by atoms with E-state index in [1.807, 2.05) is 30.3 Å². The largest absolute Gasteiger partial charge is 0.478 e. The second-order valence-electron chi connectivity index (χ2n) is 4.50. The van der Waals surface area contributed by atoms with E-state index in [1.165, 1.54) is 18.2 Å². The van der Waals surface area contributed by atoms with Crippen molar-refractivity contribution < 1.29 is 14.3 Å². The molecule has 0 radical (unpaired) electrons. The molecular formula is C17H15FO2. The van der Waals surface area contributed by atoms with Gasteiger partial charge in [-0.05, 0) is 41.7 Å². The van der Waals surface area contributed by atoms with Crippen molar-refractivity contribution in [1.82, 2.24) is 0 Å². The Morgan fingerprint density at radius 3 is 2.30 bits per heavy atom. The number of carboxylic acids is 1. The molecule has 0 unspecified atom stereocenters. The van der Waals surface area contributed by atoms with Crippen molar-refractivity contribution in [1.29, 1.82) is 0 Å². The topological polar surface area (TPSA) is 37.3 Å². The predicted molar refractivity (Wildman–Crippen MR) is 76.8 cm³/mol. The average molecular weight is 270 g/mol. The van der Waals surface area contributed by atoms with E-state index in [1.54, 1.807) is 12.1 Å². The van der Waals surface area contributed by atoms with E-state index in [0.29, 0.717) is 12.8 Å². The van der Waals surface area contributed by atoms with E-state index in [0.717, 1.165) is 16.7 Å². The minimum Gasteiger partial charge on any atom is -0.478 e. The average Bonchev–Trinajstić information content (AvgIpc) is 2.46. The molecule has 0 aliphatic heterocycles. The van der Waals surface area contributed by atoms with Crippen LogP contribution in [0.2, 0.25) is 0 Å². The van der Waals surface area contributed by atoms with Crippen molar-refractivity contribution in [3.63, 3.8) is 0 Å². The van der Waals surface area contributed by atoms with Crippen LogP contribution in [0, 0.1) is 5.82 Å². The van der Waals surface area contributed by atoms with Crippen molar-refractivity contribution in [2.24, 2.45) is 0 Å². The first-order valence-electron chi connectivity index (χ1n) is 6.38. The van der Waals surface area contributed by atoms with Gasteiger partial charge in [-0.1, -0.05) is 42.5 Å². The standard InChI is InChI=1S/C17H15FO2/c18-16-10-7-13(8-11-16)6-9-15(12-17(19)20)14-4-2-1-3-5-14/h1-5,7-8,10-12H,6,9H2,(H,19,20)/b15-12-. The minimum absolute atomic E-state index is 0.266. The fourth-order valence-corrected chi connectivity index (χ4v) is 2.03. The maximum atomic E-state index is 12.8. The van der Waals surface area contributed by atoms with Gasteiger partial charge in [0, 0.05) is 6.08 Å². The van der Waals surface area contributed by atoms with E-state index in [-0.39, 0.29) is 5.82 Å². The molecule has 0 aromatic heterocycles. The van der Waals surface area contributed by atoms with Gasteiger partial charge in [0.1, 0.15) is 5.82 Å². The van der Waals surface area contributed by atoms with Crippen molar-refractivity contribution in [2.75, 3.05) is 0 Å². The van der Waals surface area contributed by atoms with Gasteiger partial charge in [0.05, 0.1) is 0 Å². The molecule has 0 bridgehead atoms. The third-order valence-electron chi connectivity index (χ3n) is 3.04. The summed E-state index contributed by atoms with van der Waals surface area (Å²) in [6.45, 7) is 0. The number of aryl methyl sites for hydroxylation is 1. The Balaban J connectivity index is 2.13. The molecule has 0 aliphatic rings. The first-order chi connectivity index (χ1) is 9.65. The van der Waals surface area contributed by atoms with E-state index in [4.69, 9.17) is 5.11 Å². The first-order valence-corrected chi connectivity index (χ1v) is 6.38. The van der Waals surface area contributed by atoms with Crippen LogP contribution in [-0.4, -0.2) is 11.1 Å². The smallest absolute Gasteiger partial charge is 0.328 e. The third-order valence-corrected chi connectivity index (χ3v) is 3.04. The van der Waals surface area contributed by atoms with Gasteiger partial charge in [-0.2, -0.15) is 0 Å². The zero-order valence-electron chi connectivity index (χ0n) is 10.9. The molecule has 0 heterocycles. The summed E-state index contributed by atoms with van der Waals surface area (Å²) in [7, 11) is 0. The van der Waals surface area contributed by atoms with Crippen LogP contribution < -0.4 is 0 Å². The normalized spacial score (nSPS) is 11.3. The van der Waals surface area contributed by atoms with Gasteiger partial charge in [0.2, 0.25) is 0 Å². The Bertz CT molecular complexity index is 601. The SMILES string of the molecule is O=C(O)/C=C(/CCc1ccc(F)cc1)c1ccccc1. The van der Waals surface area contributed by atoms with Gasteiger partial charge in [0.15, 0.2) is 0 Å². The van der Waals surface area contributed by atoms with Gasteiger partial charge in [0.25, 0.3) is 0 Å². The highest BCUT2D eigenvalue weighted by atomic mass is 19.1. The van der Waals surface area contributed by atoms with Gasteiger partial charge in [-0.15, -0.1) is 0 Å². The number of rotatable bonds is 5. The van der Waals surface area contributed by atoms with Crippen molar-refractivity contribution in [2.45, 2.75) is 12.8 Å². The zero-order chi connectivity index (χ0) is 14.4. The lowest BCUT2D eigenvalue weighted by molar-refractivity contribution is -0.131. The first kappa shape index (κ1) is 14.0. The number of hydrogen-bond acceptors (Lipinski definition) is 1. The molecule has 0 amide bonds. The lowest BCUT2D eigenvalue weighted by Gasteiger charge is -2.07. The Morgan fingerprint density at radius 1 is 1.05 bits per heavy atom. The van der Waals surface area contributed by atoms with Gasteiger partial charge < -0.3 is 5.11 Å². The lowest BCUT2D eigenvalue weighted by Crippen LogP contribution is -1.95. The van der Waals surface area contributed by atoms with Crippen LogP contribution in [0.25, 0.3) is 5.57 Å². The number of hydrogen-bond donors (Lipinski definition) is 1. The van der Waals surface area contributed by atoms with Crippen LogP contribution in [-0.2, 0) is 11.2 Å². The van der Waals surface area contributed by atoms with Crippen LogP contribution in [0.4, 0.5) is 4.39 Å². The van der Waals surface area contributed by atoms with Crippen molar-refractivity contribution in [3.05, 3.63) is 77.6 Å². The molecule has 1 N–H and O–H groups in total. The molecule has 0 saturated heterocycles. The molecule has 3 heteroatoms. The molecule has 20 heavy (non-hydrogen) atoms. The van der Waals surface area contributed by atoms with Gasteiger partial charge in [-0.3, -0.25) is 0 Å². The Labute approximate surface area is 117 Å². The quantitative estimate of drug-likeness (QED) is 0.836. The minimum atomic E-state index is -0.956. The summed E-state index contributed by atoms with van der Waals surface area (Å²) in [5.41, 5.74) is 2.65. The molecule has 2 aromatic carbocycles. The monoisotopic (exact) mass is 270 g/mol. The summed E-state index contributed by atoms with van der Waals surface area (Å²) >= 11 is 0. The number of carbonyl (C=O) groups is 1. The highest BCUT2D eigenvalue weighted by Gasteiger charge is 2.05. The fourth-order valence-electron chi connectivity index (χ4n) is 2.03.